The smallest absolute Gasteiger partial charge is 0.205 e. The van der Waals surface area contributed by atoms with E-state index in [-0.39, 0.29) is 23.9 Å². The van der Waals surface area contributed by atoms with Gasteiger partial charge in [-0.1, -0.05) is 13.8 Å². The summed E-state index contributed by atoms with van der Waals surface area (Å²) in [5.74, 6) is -0.185. The second-order valence-electron chi connectivity index (χ2n) is 4.81. The van der Waals surface area contributed by atoms with Crippen molar-refractivity contribution in [2.45, 2.75) is 26.7 Å². The fraction of sp³-hybridized carbons (Fsp3) is 0.400. The largest absolute Gasteiger partial charge is 0.453 e. The molecule has 102 valence electrons. The fourth-order valence-corrected chi connectivity index (χ4v) is 2.34. The summed E-state index contributed by atoms with van der Waals surface area (Å²) < 4.78 is 18.7. The number of carbonyl (C=O) groups excluding carboxylic acids is 1. The molecule has 0 aliphatic rings. The minimum atomic E-state index is -0.591. The Balaban J connectivity index is 2.46. The predicted octanol–water partition coefficient (Wildman–Crippen LogP) is 3.52. The van der Waals surface area contributed by atoms with E-state index in [1.54, 1.807) is 6.07 Å². The lowest BCUT2D eigenvalue weighted by atomic mass is 9.77. The minimum Gasteiger partial charge on any atom is -0.453 e. The molecule has 4 heteroatoms. The summed E-state index contributed by atoms with van der Waals surface area (Å²) in [6, 6.07) is 5.80. The summed E-state index contributed by atoms with van der Waals surface area (Å²) in [7, 11) is 0. The molecular weight excluding hydrogens is 245 g/mol. The van der Waals surface area contributed by atoms with Crippen molar-refractivity contribution in [2.24, 2.45) is 11.1 Å². The molecule has 0 aliphatic heterocycles. The summed E-state index contributed by atoms with van der Waals surface area (Å²) >= 11 is 0. The molecule has 1 heterocycles. The maximum atomic E-state index is 13.1. The van der Waals surface area contributed by atoms with Gasteiger partial charge in [0.25, 0.3) is 0 Å². The Hall–Kier alpha value is -1.68. The Kier molecular flexibility index (Phi) is 3.71. The highest BCUT2D eigenvalue weighted by Crippen LogP contribution is 2.32. The van der Waals surface area contributed by atoms with Crippen LogP contribution in [0.15, 0.2) is 28.7 Å². The number of furan rings is 1. The number of Topliss-reactive ketones (excluding diaryl/α,β-unsaturated/α-hetero) is 1. The Labute approximate surface area is 111 Å². The molecule has 0 fully saturated rings. The van der Waals surface area contributed by atoms with Crippen molar-refractivity contribution in [2.75, 3.05) is 6.54 Å². The highest BCUT2D eigenvalue weighted by atomic mass is 19.1. The zero-order chi connectivity index (χ0) is 14.0. The number of carbonyl (C=O) groups is 1. The van der Waals surface area contributed by atoms with Crippen LogP contribution in [0.2, 0.25) is 0 Å². The van der Waals surface area contributed by atoms with Gasteiger partial charge in [-0.05, 0) is 37.1 Å². The van der Waals surface area contributed by atoms with Crippen molar-refractivity contribution in [1.82, 2.24) is 0 Å². The third kappa shape index (κ3) is 2.28. The molecule has 3 nitrogen and oxygen atoms in total. The van der Waals surface area contributed by atoms with Crippen molar-refractivity contribution in [1.29, 1.82) is 0 Å². The van der Waals surface area contributed by atoms with Gasteiger partial charge in [0.15, 0.2) is 5.76 Å². The van der Waals surface area contributed by atoms with Crippen molar-refractivity contribution < 1.29 is 13.6 Å². The molecule has 0 spiro atoms. The Bertz CT molecular complexity index is 591. The first kappa shape index (κ1) is 13.7. The molecule has 2 N–H and O–H groups in total. The number of hydrogen-bond donors (Lipinski definition) is 1. The second-order valence-corrected chi connectivity index (χ2v) is 4.81. The molecule has 0 unspecified atom stereocenters. The van der Waals surface area contributed by atoms with Gasteiger partial charge in [-0.15, -0.1) is 0 Å². The third-order valence-electron chi connectivity index (χ3n) is 3.93. The molecule has 2 aromatic rings. The first-order chi connectivity index (χ1) is 9.06. The normalized spacial score (nSPS) is 12.0. The summed E-state index contributed by atoms with van der Waals surface area (Å²) in [5, 5.41) is 0.599. The van der Waals surface area contributed by atoms with Crippen molar-refractivity contribution in [3.8, 4) is 0 Å². The quantitative estimate of drug-likeness (QED) is 0.840. The van der Waals surface area contributed by atoms with Crippen LogP contribution in [0.4, 0.5) is 4.39 Å². The second kappa shape index (κ2) is 5.13. The Morgan fingerprint density at radius 3 is 2.58 bits per heavy atom. The van der Waals surface area contributed by atoms with E-state index < -0.39 is 5.41 Å². The summed E-state index contributed by atoms with van der Waals surface area (Å²) in [5.41, 5.74) is 5.69. The van der Waals surface area contributed by atoms with Gasteiger partial charge in [0, 0.05) is 17.3 Å². The van der Waals surface area contributed by atoms with E-state index in [9.17, 15) is 9.18 Å². The van der Waals surface area contributed by atoms with Gasteiger partial charge >= 0.3 is 0 Å². The van der Waals surface area contributed by atoms with E-state index in [2.05, 4.69) is 0 Å². The van der Waals surface area contributed by atoms with Crippen LogP contribution in [0.1, 0.15) is 37.2 Å². The molecule has 0 atom stereocenters. The number of halogens is 1. The number of nitrogens with two attached hydrogens (primary N) is 1. The number of rotatable bonds is 5. The first-order valence-electron chi connectivity index (χ1n) is 6.50. The number of ketones is 1. The van der Waals surface area contributed by atoms with Gasteiger partial charge in [0.2, 0.25) is 5.78 Å². The monoisotopic (exact) mass is 263 g/mol. The Morgan fingerprint density at radius 2 is 2.00 bits per heavy atom. The lowest BCUT2D eigenvalue weighted by Gasteiger charge is -2.26. The summed E-state index contributed by atoms with van der Waals surface area (Å²) in [4.78, 5) is 12.5. The van der Waals surface area contributed by atoms with Gasteiger partial charge in [0.05, 0.1) is 0 Å². The van der Waals surface area contributed by atoms with E-state index in [0.29, 0.717) is 23.8 Å². The van der Waals surface area contributed by atoms with Gasteiger partial charge in [-0.3, -0.25) is 4.79 Å². The minimum absolute atomic E-state index is 0.100. The van der Waals surface area contributed by atoms with Gasteiger partial charge < -0.3 is 10.2 Å². The van der Waals surface area contributed by atoms with Gasteiger partial charge in [-0.2, -0.15) is 0 Å². The molecule has 19 heavy (non-hydrogen) atoms. The number of hydrogen-bond acceptors (Lipinski definition) is 3. The number of benzene rings is 1. The maximum absolute atomic E-state index is 13.1. The molecule has 1 aromatic heterocycles. The van der Waals surface area contributed by atoms with E-state index >= 15 is 0 Å². The van der Waals surface area contributed by atoms with E-state index in [0.717, 1.165) is 0 Å². The SMILES string of the molecule is CCC(CC)(CN)C(=O)c1cc2cc(F)ccc2o1. The van der Waals surface area contributed by atoms with E-state index in [4.69, 9.17) is 10.2 Å². The fourth-order valence-electron chi connectivity index (χ4n) is 2.34. The van der Waals surface area contributed by atoms with Crippen LogP contribution in [0.25, 0.3) is 11.0 Å². The van der Waals surface area contributed by atoms with Crippen molar-refractivity contribution in [3.63, 3.8) is 0 Å². The topological polar surface area (TPSA) is 56.2 Å². The molecule has 1 aromatic carbocycles. The van der Waals surface area contributed by atoms with Crippen LogP contribution in [-0.4, -0.2) is 12.3 Å². The molecular formula is C15H18FNO2. The van der Waals surface area contributed by atoms with Crippen LogP contribution >= 0.6 is 0 Å². The maximum Gasteiger partial charge on any atom is 0.205 e. The third-order valence-corrected chi connectivity index (χ3v) is 3.93. The molecule has 0 amide bonds. The van der Waals surface area contributed by atoms with Crippen molar-refractivity contribution >= 4 is 16.8 Å². The lowest BCUT2D eigenvalue weighted by molar-refractivity contribution is 0.0759. The summed E-state index contributed by atoms with van der Waals surface area (Å²) in [6.45, 7) is 4.16. The molecule has 0 radical (unpaired) electrons. The van der Waals surface area contributed by atoms with Crippen LogP contribution in [0.3, 0.4) is 0 Å². The van der Waals surface area contributed by atoms with Gasteiger partial charge in [-0.25, -0.2) is 4.39 Å². The Morgan fingerprint density at radius 1 is 1.32 bits per heavy atom. The number of fused-ring (bicyclic) bond motifs is 1. The molecule has 2 rings (SSSR count). The zero-order valence-corrected chi connectivity index (χ0v) is 11.2. The summed E-state index contributed by atoms with van der Waals surface area (Å²) in [6.07, 6.45) is 1.31. The molecule has 0 saturated heterocycles. The van der Waals surface area contributed by atoms with Gasteiger partial charge in [0.1, 0.15) is 11.4 Å². The average molecular weight is 263 g/mol. The average Bonchev–Trinajstić information content (AvgIpc) is 2.84. The van der Waals surface area contributed by atoms with E-state index in [1.165, 1.54) is 18.2 Å². The highest BCUT2D eigenvalue weighted by Gasteiger charge is 2.36. The van der Waals surface area contributed by atoms with E-state index in [1.807, 2.05) is 13.8 Å². The molecule has 0 aliphatic carbocycles. The molecule has 0 saturated carbocycles. The van der Waals surface area contributed by atoms with Crippen LogP contribution in [0, 0.1) is 11.2 Å². The van der Waals surface area contributed by atoms with Crippen molar-refractivity contribution in [3.05, 3.63) is 35.8 Å². The lowest BCUT2D eigenvalue weighted by Crippen LogP contribution is -2.37. The zero-order valence-electron chi connectivity index (χ0n) is 11.2. The predicted molar refractivity (Wildman–Crippen MR) is 72.6 cm³/mol. The van der Waals surface area contributed by atoms with Crippen LogP contribution in [-0.2, 0) is 0 Å². The van der Waals surface area contributed by atoms with Crippen LogP contribution in [0.5, 0.6) is 0 Å². The van der Waals surface area contributed by atoms with Crippen LogP contribution < -0.4 is 5.73 Å². The first-order valence-corrected chi connectivity index (χ1v) is 6.50. The standard InChI is InChI=1S/C15H18FNO2/c1-3-15(4-2,9-17)14(18)13-8-10-7-11(16)5-6-12(10)19-13/h5-8H,3-4,9,17H2,1-2H3. The highest BCUT2D eigenvalue weighted by molar-refractivity contribution is 6.01. The molecule has 0 bridgehead atoms.